The maximum Gasteiger partial charge on any atom is 0.323 e. The van der Waals surface area contributed by atoms with Gasteiger partial charge in [-0.3, -0.25) is 0 Å². The van der Waals surface area contributed by atoms with Gasteiger partial charge >= 0.3 is 5.69 Å². The van der Waals surface area contributed by atoms with Crippen molar-refractivity contribution in [3.05, 3.63) is 93.4 Å². The summed E-state index contributed by atoms with van der Waals surface area (Å²) in [5, 5.41) is 4.06. The third-order valence-electron chi connectivity index (χ3n) is 4.23. The number of anilines is 1. The number of rotatable bonds is 6. The van der Waals surface area contributed by atoms with Gasteiger partial charge in [-0.15, -0.1) is 0 Å². The zero-order valence-electron chi connectivity index (χ0n) is 14.5. The lowest BCUT2D eigenvalue weighted by Gasteiger charge is -2.09. The SMILES string of the molecule is O=c1[nH]c2ccc(NCc3ccc(OCc4cccc(Cl)c4)cc3)cc2[nH]1. The van der Waals surface area contributed by atoms with E-state index in [2.05, 4.69) is 15.3 Å². The molecule has 4 rings (SSSR count). The lowest BCUT2D eigenvalue weighted by atomic mass is 10.2. The van der Waals surface area contributed by atoms with Gasteiger partial charge in [0.1, 0.15) is 12.4 Å². The Bertz CT molecular complexity index is 1120. The second kappa shape index (κ2) is 7.60. The highest BCUT2D eigenvalue weighted by molar-refractivity contribution is 6.30. The molecule has 0 saturated heterocycles. The minimum absolute atomic E-state index is 0.199. The van der Waals surface area contributed by atoms with Crippen molar-refractivity contribution in [1.29, 1.82) is 0 Å². The molecule has 0 aliphatic carbocycles. The minimum atomic E-state index is -0.199. The smallest absolute Gasteiger partial charge is 0.323 e. The van der Waals surface area contributed by atoms with Gasteiger partial charge in [0.2, 0.25) is 0 Å². The number of fused-ring (bicyclic) bond motifs is 1. The first-order chi connectivity index (χ1) is 13.2. The highest BCUT2D eigenvalue weighted by Crippen LogP contribution is 2.18. The van der Waals surface area contributed by atoms with Crippen molar-refractivity contribution in [2.24, 2.45) is 0 Å². The number of imidazole rings is 1. The average molecular weight is 380 g/mol. The summed E-state index contributed by atoms with van der Waals surface area (Å²) in [6.07, 6.45) is 0. The summed E-state index contributed by atoms with van der Waals surface area (Å²) in [6, 6.07) is 21.3. The minimum Gasteiger partial charge on any atom is -0.489 e. The van der Waals surface area contributed by atoms with Crippen molar-refractivity contribution in [1.82, 2.24) is 9.97 Å². The lowest BCUT2D eigenvalue weighted by Crippen LogP contribution is -2.00. The van der Waals surface area contributed by atoms with Crippen LogP contribution in [0.4, 0.5) is 5.69 Å². The van der Waals surface area contributed by atoms with Crippen molar-refractivity contribution in [2.75, 3.05) is 5.32 Å². The lowest BCUT2D eigenvalue weighted by molar-refractivity contribution is 0.306. The third-order valence-corrected chi connectivity index (χ3v) is 4.47. The summed E-state index contributed by atoms with van der Waals surface area (Å²) in [5.41, 5.74) is 4.50. The van der Waals surface area contributed by atoms with Crippen LogP contribution in [0.25, 0.3) is 11.0 Å². The number of nitrogens with one attached hydrogen (secondary N) is 3. The van der Waals surface area contributed by atoms with Crippen LogP contribution in [0, 0.1) is 0 Å². The number of aromatic amines is 2. The van der Waals surface area contributed by atoms with Gasteiger partial charge in [-0.2, -0.15) is 0 Å². The van der Waals surface area contributed by atoms with E-state index in [1.807, 2.05) is 66.7 Å². The molecule has 3 N–H and O–H groups in total. The Hall–Kier alpha value is -3.18. The largest absolute Gasteiger partial charge is 0.489 e. The highest BCUT2D eigenvalue weighted by atomic mass is 35.5. The zero-order chi connectivity index (χ0) is 18.6. The standard InChI is InChI=1S/C21H18ClN3O2/c22-16-3-1-2-15(10-16)13-27-18-7-4-14(5-8-18)12-23-17-6-9-19-20(11-17)25-21(26)24-19/h1-11,23H,12-13H2,(H2,24,25,26). The van der Waals surface area contributed by atoms with Crippen molar-refractivity contribution >= 4 is 28.3 Å². The van der Waals surface area contributed by atoms with Crippen molar-refractivity contribution in [2.45, 2.75) is 13.2 Å². The molecule has 0 unspecified atom stereocenters. The van der Waals surface area contributed by atoms with Gasteiger partial charge in [-0.05, 0) is 53.6 Å². The van der Waals surface area contributed by atoms with E-state index < -0.39 is 0 Å². The molecule has 0 spiro atoms. The number of H-pyrrole nitrogens is 2. The molecular formula is C21H18ClN3O2. The molecule has 0 radical (unpaired) electrons. The van der Waals surface area contributed by atoms with E-state index in [0.717, 1.165) is 33.6 Å². The number of hydrogen-bond acceptors (Lipinski definition) is 3. The Morgan fingerprint density at radius 1 is 0.889 bits per heavy atom. The first kappa shape index (κ1) is 17.2. The van der Waals surface area contributed by atoms with Crippen LogP contribution in [0.2, 0.25) is 5.02 Å². The van der Waals surface area contributed by atoms with Crippen LogP contribution in [-0.2, 0) is 13.2 Å². The molecule has 3 aromatic carbocycles. The topological polar surface area (TPSA) is 69.9 Å². The van der Waals surface area contributed by atoms with Crippen molar-refractivity contribution < 1.29 is 4.74 Å². The Labute approximate surface area is 161 Å². The number of ether oxygens (including phenoxy) is 1. The summed E-state index contributed by atoms with van der Waals surface area (Å²) in [6.45, 7) is 1.15. The fraction of sp³-hybridized carbons (Fsp3) is 0.0952. The summed E-state index contributed by atoms with van der Waals surface area (Å²) in [5.74, 6) is 0.810. The Kier molecular flexibility index (Phi) is 4.85. The molecule has 0 fully saturated rings. The van der Waals surface area contributed by atoms with Crippen LogP contribution in [-0.4, -0.2) is 9.97 Å². The number of benzene rings is 3. The van der Waals surface area contributed by atoms with Gasteiger partial charge in [-0.1, -0.05) is 35.9 Å². The van der Waals surface area contributed by atoms with Crippen LogP contribution in [0.1, 0.15) is 11.1 Å². The number of hydrogen-bond donors (Lipinski definition) is 3. The maximum atomic E-state index is 11.3. The summed E-state index contributed by atoms with van der Waals surface area (Å²) >= 11 is 5.98. The fourth-order valence-corrected chi connectivity index (χ4v) is 3.06. The van der Waals surface area contributed by atoms with Crippen molar-refractivity contribution in [3.63, 3.8) is 0 Å². The quantitative estimate of drug-likeness (QED) is 0.454. The van der Waals surface area contributed by atoms with Gasteiger partial charge in [-0.25, -0.2) is 4.79 Å². The molecule has 6 heteroatoms. The second-order valence-corrected chi connectivity index (χ2v) is 6.69. The summed E-state index contributed by atoms with van der Waals surface area (Å²) in [4.78, 5) is 16.8. The summed E-state index contributed by atoms with van der Waals surface area (Å²) < 4.78 is 5.80. The molecular weight excluding hydrogens is 362 g/mol. The van der Waals surface area contributed by atoms with E-state index in [0.29, 0.717) is 18.2 Å². The Balaban J connectivity index is 1.34. The first-order valence-corrected chi connectivity index (χ1v) is 8.96. The Morgan fingerprint density at radius 3 is 2.52 bits per heavy atom. The molecule has 0 bridgehead atoms. The van der Waals surface area contributed by atoms with E-state index >= 15 is 0 Å². The monoisotopic (exact) mass is 379 g/mol. The third kappa shape index (κ3) is 4.33. The van der Waals surface area contributed by atoms with Crippen LogP contribution >= 0.6 is 11.6 Å². The molecule has 27 heavy (non-hydrogen) atoms. The van der Waals surface area contributed by atoms with E-state index in [-0.39, 0.29) is 5.69 Å². The molecule has 4 aromatic rings. The zero-order valence-corrected chi connectivity index (χ0v) is 15.2. The fourth-order valence-electron chi connectivity index (χ4n) is 2.84. The molecule has 1 aromatic heterocycles. The molecule has 136 valence electrons. The molecule has 1 heterocycles. The predicted molar refractivity (Wildman–Crippen MR) is 108 cm³/mol. The van der Waals surface area contributed by atoms with E-state index in [4.69, 9.17) is 16.3 Å². The van der Waals surface area contributed by atoms with Crippen LogP contribution < -0.4 is 15.7 Å². The highest BCUT2D eigenvalue weighted by Gasteiger charge is 2.01. The van der Waals surface area contributed by atoms with Crippen LogP contribution in [0.3, 0.4) is 0 Å². The van der Waals surface area contributed by atoms with Gasteiger partial charge in [0.15, 0.2) is 0 Å². The van der Waals surface area contributed by atoms with Crippen molar-refractivity contribution in [3.8, 4) is 5.75 Å². The first-order valence-electron chi connectivity index (χ1n) is 8.58. The van der Waals surface area contributed by atoms with E-state index in [1.165, 1.54) is 0 Å². The second-order valence-electron chi connectivity index (χ2n) is 6.26. The normalized spacial score (nSPS) is 10.9. The van der Waals surface area contributed by atoms with E-state index in [1.54, 1.807) is 0 Å². The molecule has 0 aliphatic heterocycles. The van der Waals surface area contributed by atoms with Crippen LogP contribution in [0.5, 0.6) is 5.75 Å². The molecule has 0 saturated carbocycles. The van der Waals surface area contributed by atoms with Crippen LogP contribution in [0.15, 0.2) is 71.5 Å². The van der Waals surface area contributed by atoms with Gasteiger partial charge in [0.25, 0.3) is 0 Å². The molecule has 0 amide bonds. The number of aromatic nitrogens is 2. The molecule has 5 nitrogen and oxygen atoms in total. The molecule has 0 aliphatic rings. The van der Waals surface area contributed by atoms with E-state index in [9.17, 15) is 4.79 Å². The van der Waals surface area contributed by atoms with Gasteiger partial charge < -0.3 is 20.0 Å². The Morgan fingerprint density at radius 2 is 1.70 bits per heavy atom. The average Bonchev–Trinajstić information content (AvgIpc) is 3.05. The predicted octanol–water partition coefficient (Wildman–Crippen LogP) is 4.70. The summed E-state index contributed by atoms with van der Waals surface area (Å²) in [7, 11) is 0. The molecule has 0 atom stereocenters. The number of halogens is 1. The van der Waals surface area contributed by atoms with Gasteiger partial charge in [0.05, 0.1) is 11.0 Å². The van der Waals surface area contributed by atoms with Gasteiger partial charge in [0, 0.05) is 17.3 Å². The maximum absolute atomic E-state index is 11.3.